The maximum atomic E-state index is 11.9. The number of rotatable bonds is 0. The molecule has 0 saturated heterocycles. The van der Waals surface area contributed by atoms with Crippen molar-refractivity contribution in [1.29, 1.82) is 0 Å². The molecule has 1 aliphatic heterocycles. The maximum absolute atomic E-state index is 11.9. The Hall–Kier alpha value is -1.43. The van der Waals surface area contributed by atoms with Crippen LogP contribution in [0.25, 0.3) is 0 Å². The lowest BCUT2D eigenvalue weighted by Gasteiger charge is -2.30. The number of aliphatic hydroxyl groups is 3. The Balaban J connectivity index is 2.27. The Kier molecular flexibility index (Phi) is 6.25. The number of ether oxygens (including phenoxy) is 1. The van der Waals surface area contributed by atoms with Gasteiger partial charge in [-0.1, -0.05) is 12.2 Å². The molecule has 0 aromatic heterocycles. The number of fused-ring (bicyclic) bond motifs is 1. The van der Waals surface area contributed by atoms with Crippen molar-refractivity contribution in [3.63, 3.8) is 0 Å². The van der Waals surface area contributed by atoms with Gasteiger partial charge in [0.2, 0.25) is 0 Å². The Labute approximate surface area is 149 Å². The Morgan fingerprint density at radius 3 is 2.56 bits per heavy atom. The summed E-state index contributed by atoms with van der Waals surface area (Å²) in [6.45, 7) is 9.25. The van der Waals surface area contributed by atoms with E-state index in [1.54, 1.807) is 13.8 Å². The predicted molar refractivity (Wildman–Crippen MR) is 95.8 cm³/mol. The van der Waals surface area contributed by atoms with Crippen molar-refractivity contribution in [3.05, 3.63) is 34.9 Å². The molecule has 0 radical (unpaired) electrons. The third-order valence-electron chi connectivity index (χ3n) is 5.44. The van der Waals surface area contributed by atoms with E-state index >= 15 is 0 Å². The number of hydrogen-bond donors (Lipinski definition) is 3. The lowest BCUT2D eigenvalue weighted by Crippen LogP contribution is -2.40. The average molecular weight is 350 g/mol. The summed E-state index contributed by atoms with van der Waals surface area (Å²) in [6, 6.07) is 0. The van der Waals surface area contributed by atoms with Gasteiger partial charge in [0.1, 0.15) is 6.10 Å². The first kappa shape index (κ1) is 19.9. The lowest BCUT2D eigenvalue weighted by molar-refractivity contribution is -0.138. The maximum Gasteiger partial charge on any atom is 0.334 e. The van der Waals surface area contributed by atoms with E-state index in [0.29, 0.717) is 49.7 Å². The van der Waals surface area contributed by atoms with Gasteiger partial charge in [-0.25, -0.2) is 4.79 Å². The molecule has 0 saturated carbocycles. The predicted octanol–water partition coefficient (Wildman–Crippen LogP) is 2.56. The summed E-state index contributed by atoms with van der Waals surface area (Å²) in [7, 11) is 0. The molecule has 2 rings (SSSR count). The van der Waals surface area contributed by atoms with Gasteiger partial charge in [-0.05, 0) is 76.5 Å². The minimum atomic E-state index is -1.26. The van der Waals surface area contributed by atoms with Crippen molar-refractivity contribution in [3.8, 4) is 0 Å². The number of allylic oxidation sites excluding steroid dienone is 1. The van der Waals surface area contributed by atoms with Crippen molar-refractivity contribution in [2.45, 2.75) is 83.2 Å². The summed E-state index contributed by atoms with van der Waals surface area (Å²) in [5, 5.41) is 31.1. The van der Waals surface area contributed by atoms with Gasteiger partial charge in [0.15, 0.2) is 0 Å². The van der Waals surface area contributed by atoms with Gasteiger partial charge in [-0.3, -0.25) is 0 Å². The molecular weight excluding hydrogens is 320 g/mol. The average Bonchev–Trinajstić information content (AvgIpc) is 2.81. The molecule has 140 valence electrons. The normalized spacial score (nSPS) is 35.8. The zero-order valence-electron chi connectivity index (χ0n) is 15.4. The third-order valence-corrected chi connectivity index (χ3v) is 5.44. The second kappa shape index (κ2) is 7.85. The van der Waals surface area contributed by atoms with Crippen LogP contribution < -0.4 is 0 Å². The summed E-state index contributed by atoms with van der Waals surface area (Å²) in [6.07, 6.45) is 2.71. The number of hydrogen-bond acceptors (Lipinski definition) is 5. The van der Waals surface area contributed by atoms with E-state index in [2.05, 4.69) is 6.58 Å². The highest BCUT2D eigenvalue weighted by Gasteiger charge is 2.33. The van der Waals surface area contributed by atoms with Crippen molar-refractivity contribution >= 4 is 5.97 Å². The second-order valence-corrected chi connectivity index (χ2v) is 7.61. The molecule has 4 atom stereocenters. The van der Waals surface area contributed by atoms with Crippen LogP contribution in [0.4, 0.5) is 0 Å². The Bertz CT molecular complexity index is 599. The fraction of sp³-hybridized carbons (Fsp3) is 0.650. The largest absolute Gasteiger partial charge is 0.450 e. The summed E-state index contributed by atoms with van der Waals surface area (Å²) in [4.78, 5) is 11.9. The molecule has 3 N–H and O–H groups in total. The fourth-order valence-electron chi connectivity index (χ4n) is 3.36. The Morgan fingerprint density at radius 2 is 1.88 bits per heavy atom. The van der Waals surface area contributed by atoms with Gasteiger partial charge in [0.05, 0.1) is 17.8 Å². The molecule has 5 nitrogen and oxygen atoms in total. The van der Waals surface area contributed by atoms with Crippen LogP contribution in [0.5, 0.6) is 0 Å². The van der Waals surface area contributed by atoms with Crippen LogP contribution in [-0.4, -0.2) is 45.2 Å². The minimum Gasteiger partial charge on any atom is -0.450 e. The fourth-order valence-corrected chi connectivity index (χ4v) is 3.36. The van der Waals surface area contributed by atoms with Crippen LogP contribution in [0.2, 0.25) is 0 Å². The molecule has 2 aliphatic rings. The topological polar surface area (TPSA) is 87.0 Å². The minimum absolute atomic E-state index is 0.295. The van der Waals surface area contributed by atoms with Gasteiger partial charge in [-0.15, -0.1) is 0 Å². The number of esters is 1. The van der Waals surface area contributed by atoms with E-state index in [-0.39, 0.29) is 5.97 Å². The molecule has 25 heavy (non-hydrogen) atoms. The van der Waals surface area contributed by atoms with E-state index in [1.807, 2.05) is 13.0 Å². The molecule has 0 spiro atoms. The van der Waals surface area contributed by atoms with Crippen molar-refractivity contribution in [2.24, 2.45) is 0 Å². The summed E-state index contributed by atoms with van der Waals surface area (Å²) in [5.74, 6) is -0.303. The van der Waals surface area contributed by atoms with E-state index in [1.165, 1.54) is 0 Å². The van der Waals surface area contributed by atoms with Crippen LogP contribution in [-0.2, 0) is 9.53 Å². The highest BCUT2D eigenvalue weighted by Crippen LogP contribution is 2.32. The van der Waals surface area contributed by atoms with Crippen LogP contribution in [0.15, 0.2) is 34.9 Å². The zero-order valence-corrected chi connectivity index (χ0v) is 15.4. The lowest BCUT2D eigenvalue weighted by atomic mass is 9.86. The highest BCUT2D eigenvalue weighted by atomic mass is 16.5. The molecule has 1 heterocycles. The first-order chi connectivity index (χ1) is 11.6. The van der Waals surface area contributed by atoms with Gasteiger partial charge in [0, 0.05) is 5.57 Å². The molecule has 4 unspecified atom stereocenters. The summed E-state index contributed by atoms with van der Waals surface area (Å²) in [5.41, 5.74) is 1.98. The number of carbonyl (C=O) groups is 1. The first-order valence-corrected chi connectivity index (χ1v) is 8.96. The van der Waals surface area contributed by atoms with E-state index < -0.39 is 23.9 Å². The van der Waals surface area contributed by atoms with Gasteiger partial charge >= 0.3 is 5.97 Å². The Morgan fingerprint density at radius 1 is 1.20 bits per heavy atom. The van der Waals surface area contributed by atoms with Crippen LogP contribution in [0.1, 0.15) is 59.3 Å². The van der Waals surface area contributed by atoms with E-state index in [0.717, 1.165) is 11.1 Å². The SMILES string of the molecule is C=C1CCC2=C(C)C(=O)OC2C=C(C)CCC(O)C(C)(O)CCC1O. The molecule has 0 aromatic rings. The van der Waals surface area contributed by atoms with Gasteiger partial charge < -0.3 is 20.1 Å². The van der Waals surface area contributed by atoms with Crippen LogP contribution in [0.3, 0.4) is 0 Å². The quantitative estimate of drug-likeness (QED) is 0.462. The molecule has 1 aliphatic carbocycles. The van der Waals surface area contributed by atoms with Gasteiger partial charge in [0.25, 0.3) is 0 Å². The van der Waals surface area contributed by atoms with Crippen molar-refractivity contribution in [1.82, 2.24) is 0 Å². The molecular formula is C20H30O5. The highest BCUT2D eigenvalue weighted by molar-refractivity contribution is 5.92. The number of carbonyl (C=O) groups excluding carboxylic acids is 1. The smallest absolute Gasteiger partial charge is 0.334 e. The molecule has 5 heteroatoms. The van der Waals surface area contributed by atoms with Gasteiger partial charge in [-0.2, -0.15) is 0 Å². The summed E-state index contributed by atoms with van der Waals surface area (Å²) < 4.78 is 5.44. The molecule has 0 aromatic carbocycles. The standard InChI is InChI=1S/C20H30O5/c1-12-5-8-18(22)20(4,24)10-9-16(21)13(2)6-7-15-14(3)19(23)25-17(15)11-12/h11,16-18,21-22,24H,2,5-10H2,1,3-4H3. The molecule has 0 amide bonds. The monoisotopic (exact) mass is 350 g/mol. The second-order valence-electron chi connectivity index (χ2n) is 7.61. The van der Waals surface area contributed by atoms with Crippen molar-refractivity contribution in [2.75, 3.05) is 0 Å². The van der Waals surface area contributed by atoms with Crippen molar-refractivity contribution < 1.29 is 24.9 Å². The van der Waals surface area contributed by atoms with E-state index in [4.69, 9.17) is 4.74 Å². The first-order valence-electron chi connectivity index (χ1n) is 8.96. The molecule has 0 bridgehead atoms. The van der Waals surface area contributed by atoms with Crippen LogP contribution >= 0.6 is 0 Å². The summed E-state index contributed by atoms with van der Waals surface area (Å²) >= 11 is 0. The molecule has 0 fully saturated rings. The van der Waals surface area contributed by atoms with Crippen LogP contribution in [0, 0.1) is 0 Å². The number of aliphatic hydroxyl groups excluding tert-OH is 2. The van der Waals surface area contributed by atoms with E-state index in [9.17, 15) is 20.1 Å². The third kappa shape index (κ3) is 4.81. The zero-order chi connectivity index (χ0) is 18.8.